The fraction of sp³-hybridized carbons (Fsp3) is 0.208. The number of ether oxygens (including phenoxy) is 2. The molecule has 5 rings (SSSR count). The Kier molecular flexibility index (Phi) is 5.10. The average molecular weight is 431 g/mol. The fourth-order valence-corrected chi connectivity index (χ4v) is 4.22. The lowest BCUT2D eigenvalue weighted by atomic mass is 10.0. The maximum absolute atomic E-state index is 13.3. The number of aryl methyl sites for hydroxylation is 1. The fourth-order valence-electron chi connectivity index (χ4n) is 4.22. The molecule has 0 aliphatic carbocycles. The highest BCUT2D eigenvalue weighted by Crippen LogP contribution is 2.39. The summed E-state index contributed by atoms with van der Waals surface area (Å²) in [5, 5.41) is 10.8. The zero-order chi connectivity index (χ0) is 22.1. The molecule has 1 atom stereocenters. The second-order valence-corrected chi connectivity index (χ2v) is 7.71. The molecular weight excluding hydrogens is 410 g/mol. The monoisotopic (exact) mass is 431 g/mol. The van der Waals surface area contributed by atoms with Crippen molar-refractivity contribution in [2.75, 3.05) is 13.3 Å². The summed E-state index contributed by atoms with van der Waals surface area (Å²) in [4.78, 5) is 25.6. The van der Waals surface area contributed by atoms with Crippen LogP contribution in [0.5, 0.6) is 11.5 Å². The Morgan fingerprint density at radius 2 is 1.88 bits per heavy atom. The van der Waals surface area contributed by atoms with Crippen LogP contribution in [0.2, 0.25) is 0 Å². The third-order valence-corrected chi connectivity index (χ3v) is 5.77. The first-order valence-corrected chi connectivity index (χ1v) is 10.4. The number of carbonyl (C=O) groups excluding carboxylic acids is 1. The van der Waals surface area contributed by atoms with Gasteiger partial charge in [0.1, 0.15) is 0 Å². The van der Waals surface area contributed by atoms with Gasteiger partial charge in [-0.3, -0.25) is 14.9 Å². The van der Waals surface area contributed by atoms with E-state index in [0.717, 1.165) is 29.8 Å². The van der Waals surface area contributed by atoms with Gasteiger partial charge < -0.3 is 18.9 Å². The first kappa shape index (κ1) is 19.9. The predicted molar refractivity (Wildman–Crippen MR) is 117 cm³/mol. The standard InChI is InChI=1S/C24H21N3O5/c28-23(11-6-17-4-8-19(9-5-17)27(29)30)26-14-2-13-25-12-1-3-20(25)24(26)18-7-10-21-22(15-18)32-16-31-21/h1,3-12,15,24H,2,13-14,16H2/b11-6+. The van der Waals surface area contributed by atoms with Gasteiger partial charge >= 0.3 is 0 Å². The van der Waals surface area contributed by atoms with Gasteiger partial charge in [0.15, 0.2) is 11.5 Å². The molecule has 8 heteroatoms. The number of hydrogen-bond acceptors (Lipinski definition) is 5. The van der Waals surface area contributed by atoms with E-state index in [0.29, 0.717) is 18.0 Å². The van der Waals surface area contributed by atoms with Crippen LogP contribution in [0.3, 0.4) is 0 Å². The highest BCUT2D eigenvalue weighted by molar-refractivity contribution is 5.92. The van der Waals surface area contributed by atoms with E-state index in [9.17, 15) is 14.9 Å². The highest BCUT2D eigenvalue weighted by Gasteiger charge is 2.31. The number of aromatic nitrogens is 1. The molecule has 0 fully saturated rings. The molecule has 1 aromatic heterocycles. The van der Waals surface area contributed by atoms with Crippen molar-refractivity contribution in [3.8, 4) is 11.5 Å². The highest BCUT2D eigenvalue weighted by atomic mass is 16.7. The Balaban J connectivity index is 1.46. The Hall–Kier alpha value is -4.07. The number of nitro groups is 1. The van der Waals surface area contributed by atoms with Crippen molar-refractivity contribution in [3.05, 3.63) is 93.8 Å². The van der Waals surface area contributed by atoms with Crippen molar-refractivity contribution in [1.29, 1.82) is 0 Å². The number of nitro benzene ring substituents is 1. The lowest BCUT2D eigenvalue weighted by Crippen LogP contribution is -2.34. The molecule has 1 unspecified atom stereocenters. The van der Waals surface area contributed by atoms with Crippen LogP contribution in [0, 0.1) is 10.1 Å². The van der Waals surface area contributed by atoms with E-state index in [1.54, 1.807) is 18.2 Å². The largest absolute Gasteiger partial charge is 0.454 e. The van der Waals surface area contributed by atoms with Crippen LogP contribution in [0.1, 0.15) is 29.3 Å². The molecule has 3 heterocycles. The first-order valence-electron chi connectivity index (χ1n) is 10.4. The molecule has 0 radical (unpaired) electrons. The normalized spacial score (nSPS) is 17.2. The van der Waals surface area contributed by atoms with Crippen LogP contribution >= 0.6 is 0 Å². The molecule has 2 aliphatic rings. The first-order chi connectivity index (χ1) is 15.6. The minimum Gasteiger partial charge on any atom is -0.454 e. The molecule has 3 aromatic rings. The van der Waals surface area contributed by atoms with E-state index in [1.165, 1.54) is 18.2 Å². The van der Waals surface area contributed by atoms with Gasteiger partial charge in [0, 0.05) is 43.2 Å². The van der Waals surface area contributed by atoms with Gasteiger partial charge in [-0.05, 0) is 60.0 Å². The smallest absolute Gasteiger partial charge is 0.269 e. The Morgan fingerprint density at radius 3 is 2.69 bits per heavy atom. The van der Waals surface area contributed by atoms with E-state index in [2.05, 4.69) is 4.57 Å². The molecule has 162 valence electrons. The number of rotatable bonds is 4. The number of hydrogen-bond donors (Lipinski definition) is 0. The van der Waals surface area contributed by atoms with Crippen LogP contribution in [-0.2, 0) is 11.3 Å². The summed E-state index contributed by atoms with van der Waals surface area (Å²) < 4.78 is 13.2. The summed E-state index contributed by atoms with van der Waals surface area (Å²) in [6.07, 6.45) is 6.09. The van der Waals surface area contributed by atoms with Crippen LogP contribution in [0.4, 0.5) is 5.69 Å². The molecule has 32 heavy (non-hydrogen) atoms. The van der Waals surface area contributed by atoms with E-state index < -0.39 is 4.92 Å². The Bertz CT molecular complexity index is 1200. The summed E-state index contributed by atoms with van der Waals surface area (Å²) in [6.45, 7) is 1.63. The van der Waals surface area contributed by atoms with Crippen molar-refractivity contribution in [1.82, 2.24) is 9.47 Å². The second-order valence-electron chi connectivity index (χ2n) is 7.71. The van der Waals surface area contributed by atoms with E-state index >= 15 is 0 Å². The van der Waals surface area contributed by atoms with Crippen LogP contribution in [-0.4, -0.2) is 33.6 Å². The molecule has 2 aliphatic heterocycles. The van der Waals surface area contributed by atoms with Gasteiger partial charge in [-0.1, -0.05) is 6.07 Å². The number of benzene rings is 2. The van der Waals surface area contributed by atoms with Crippen molar-refractivity contribution >= 4 is 17.7 Å². The number of nitrogens with zero attached hydrogens (tertiary/aromatic N) is 3. The quantitative estimate of drug-likeness (QED) is 0.352. The third-order valence-electron chi connectivity index (χ3n) is 5.77. The average Bonchev–Trinajstić information content (AvgIpc) is 3.43. The van der Waals surface area contributed by atoms with Crippen LogP contribution in [0.25, 0.3) is 6.08 Å². The molecule has 0 saturated heterocycles. The minimum absolute atomic E-state index is 0.0182. The SMILES string of the molecule is O=C(/C=C/c1ccc([N+](=O)[O-])cc1)N1CCCn2cccc2C1c1ccc2c(c1)OCO2. The van der Waals surface area contributed by atoms with Crippen molar-refractivity contribution in [3.63, 3.8) is 0 Å². The molecule has 0 N–H and O–H groups in total. The van der Waals surface area contributed by atoms with Gasteiger partial charge in [-0.2, -0.15) is 0 Å². The number of fused-ring (bicyclic) bond motifs is 2. The van der Waals surface area contributed by atoms with Gasteiger partial charge in [0.2, 0.25) is 12.7 Å². The maximum atomic E-state index is 13.3. The van der Waals surface area contributed by atoms with Gasteiger partial charge in [0.05, 0.1) is 11.0 Å². The summed E-state index contributed by atoms with van der Waals surface area (Å²) >= 11 is 0. The van der Waals surface area contributed by atoms with Crippen LogP contribution in [0.15, 0.2) is 66.9 Å². The van der Waals surface area contributed by atoms with Crippen molar-refractivity contribution in [2.24, 2.45) is 0 Å². The molecular formula is C24H21N3O5. The zero-order valence-electron chi connectivity index (χ0n) is 17.2. The Morgan fingerprint density at radius 1 is 1.06 bits per heavy atom. The van der Waals surface area contributed by atoms with Gasteiger partial charge in [-0.25, -0.2) is 0 Å². The molecule has 2 aromatic carbocycles. The molecule has 0 bridgehead atoms. The number of amides is 1. The predicted octanol–water partition coefficient (Wildman–Crippen LogP) is 4.16. The molecule has 0 spiro atoms. The topological polar surface area (TPSA) is 86.8 Å². The minimum atomic E-state index is -0.443. The molecule has 8 nitrogen and oxygen atoms in total. The molecule has 0 saturated carbocycles. The lowest BCUT2D eigenvalue weighted by Gasteiger charge is -2.30. The van der Waals surface area contributed by atoms with Crippen molar-refractivity contribution in [2.45, 2.75) is 19.0 Å². The zero-order valence-corrected chi connectivity index (χ0v) is 17.2. The van der Waals surface area contributed by atoms with E-state index in [4.69, 9.17) is 9.47 Å². The van der Waals surface area contributed by atoms with Crippen molar-refractivity contribution < 1.29 is 19.2 Å². The van der Waals surface area contributed by atoms with Crippen LogP contribution < -0.4 is 9.47 Å². The lowest BCUT2D eigenvalue weighted by molar-refractivity contribution is -0.384. The number of non-ortho nitro benzene ring substituents is 1. The third kappa shape index (κ3) is 3.71. The maximum Gasteiger partial charge on any atom is 0.269 e. The molecule has 1 amide bonds. The summed E-state index contributed by atoms with van der Waals surface area (Å²) in [7, 11) is 0. The van der Waals surface area contributed by atoms with Gasteiger partial charge in [0.25, 0.3) is 5.69 Å². The number of carbonyl (C=O) groups is 1. The second kappa shape index (κ2) is 8.22. The Labute approximate surface area is 184 Å². The summed E-state index contributed by atoms with van der Waals surface area (Å²) in [5.41, 5.74) is 2.73. The summed E-state index contributed by atoms with van der Waals surface area (Å²) in [5.74, 6) is 1.26. The van der Waals surface area contributed by atoms with E-state index in [-0.39, 0.29) is 24.4 Å². The van der Waals surface area contributed by atoms with E-state index in [1.807, 2.05) is 41.4 Å². The van der Waals surface area contributed by atoms with Gasteiger partial charge in [-0.15, -0.1) is 0 Å². The summed E-state index contributed by atoms with van der Waals surface area (Å²) in [6, 6.07) is 15.7.